The van der Waals surface area contributed by atoms with Crippen molar-refractivity contribution in [2.24, 2.45) is 17.6 Å². The third-order valence-corrected chi connectivity index (χ3v) is 4.10. The Labute approximate surface area is 130 Å². The molecule has 0 aliphatic carbocycles. The number of rotatable bonds is 9. The van der Waals surface area contributed by atoms with Crippen LogP contribution in [0.1, 0.15) is 38.2 Å². The summed E-state index contributed by atoms with van der Waals surface area (Å²) in [5.41, 5.74) is 6.05. The van der Waals surface area contributed by atoms with Gasteiger partial charge in [-0.1, -0.05) is 25.8 Å². The highest BCUT2D eigenvalue weighted by molar-refractivity contribution is 5.70. The Morgan fingerprint density at radius 3 is 2.45 bits per heavy atom. The Kier molecular flexibility index (Phi) is 6.98. The highest BCUT2D eigenvalue weighted by Gasteiger charge is 2.20. The zero-order valence-corrected chi connectivity index (χ0v) is 12.8. The van der Waals surface area contributed by atoms with E-state index in [1.807, 2.05) is 6.92 Å². The van der Waals surface area contributed by atoms with E-state index in [0.29, 0.717) is 18.4 Å². The molecular weight excluding hydrogens is 286 g/mol. The predicted octanol–water partition coefficient (Wildman–Crippen LogP) is 2.20. The van der Waals surface area contributed by atoms with Crippen molar-refractivity contribution in [2.75, 3.05) is 6.54 Å². The van der Waals surface area contributed by atoms with Crippen LogP contribution in [0, 0.1) is 11.8 Å². The molecule has 0 bridgehead atoms. The zero-order chi connectivity index (χ0) is 16.7. The average molecular weight is 311 g/mol. The molecule has 6 N–H and O–H groups in total. The first-order valence-corrected chi connectivity index (χ1v) is 7.56. The van der Waals surface area contributed by atoms with E-state index in [-0.39, 0.29) is 24.0 Å². The van der Waals surface area contributed by atoms with Crippen molar-refractivity contribution in [3.8, 4) is 17.2 Å². The fourth-order valence-electron chi connectivity index (χ4n) is 2.58. The maximum atomic E-state index is 11.0. The summed E-state index contributed by atoms with van der Waals surface area (Å²) < 4.78 is 0. The number of benzene rings is 1. The van der Waals surface area contributed by atoms with E-state index in [9.17, 15) is 20.1 Å². The van der Waals surface area contributed by atoms with Gasteiger partial charge >= 0.3 is 5.97 Å². The van der Waals surface area contributed by atoms with E-state index < -0.39 is 17.6 Å². The van der Waals surface area contributed by atoms with E-state index in [4.69, 9.17) is 10.8 Å². The third-order valence-electron chi connectivity index (χ3n) is 4.10. The second-order valence-corrected chi connectivity index (χ2v) is 5.61. The second kappa shape index (κ2) is 8.48. The summed E-state index contributed by atoms with van der Waals surface area (Å²) in [4.78, 5) is 11.0. The number of carboxylic acid groups (broad SMARTS) is 1. The molecule has 22 heavy (non-hydrogen) atoms. The fourth-order valence-corrected chi connectivity index (χ4v) is 2.58. The minimum atomic E-state index is -0.859. The monoisotopic (exact) mass is 311 g/mol. The van der Waals surface area contributed by atoms with Crippen molar-refractivity contribution < 1.29 is 25.2 Å². The molecule has 1 rings (SSSR count). The zero-order valence-electron chi connectivity index (χ0n) is 12.8. The number of carboxylic acids is 1. The molecule has 2 atom stereocenters. The minimum absolute atomic E-state index is 0.137. The summed E-state index contributed by atoms with van der Waals surface area (Å²) in [7, 11) is 0. The van der Waals surface area contributed by atoms with Gasteiger partial charge < -0.3 is 26.2 Å². The number of phenolic OH excluding ortho intramolecular Hbond substituents is 3. The van der Waals surface area contributed by atoms with Crippen molar-refractivity contribution in [2.45, 2.75) is 39.0 Å². The minimum Gasteiger partial charge on any atom is -0.504 e. The van der Waals surface area contributed by atoms with Gasteiger partial charge in [-0.25, -0.2) is 0 Å². The molecule has 0 saturated heterocycles. The van der Waals surface area contributed by atoms with E-state index in [1.54, 1.807) is 6.07 Å². The smallest absolute Gasteiger partial charge is 0.307 e. The molecule has 0 spiro atoms. The predicted molar refractivity (Wildman–Crippen MR) is 83.0 cm³/mol. The van der Waals surface area contributed by atoms with Gasteiger partial charge in [-0.15, -0.1) is 0 Å². The summed E-state index contributed by atoms with van der Waals surface area (Å²) >= 11 is 0. The first kappa shape index (κ1) is 18.1. The Morgan fingerprint density at radius 2 is 1.91 bits per heavy atom. The number of aromatic hydroxyl groups is 3. The Hall–Kier alpha value is -1.95. The maximum Gasteiger partial charge on any atom is 0.307 e. The molecular formula is C16H25NO5. The van der Waals surface area contributed by atoms with Crippen LogP contribution in [0.4, 0.5) is 0 Å². The number of hydrogen-bond donors (Lipinski definition) is 5. The molecule has 0 aliphatic rings. The van der Waals surface area contributed by atoms with Gasteiger partial charge in [0.25, 0.3) is 0 Å². The van der Waals surface area contributed by atoms with Gasteiger partial charge in [0.05, 0.1) is 5.92 Å². The molecule has 124 valence electrons. The van der Waals surface area contributed by atoms with Gasteiger partial charge in [0.15, 0.2) is 11.5 Å². The van der Waals surface area contributed by atoms with Crippen LogP contribution in [0.5, 0.6) is 17.2 Å². The highest BCUT2D eigenvalue weighted by atomic mass is 16.4. The number of hydrogen-bond acceptors (Lipinski definition) is 5. The van der Waals surface area contributed by atoms with Crippen molar-refractivity contribution in [3.05, 3.63) is 17.7 Å². The average Bonchev–Trinajstić information content (AvgIpc) is 2.50. The standard InChI is InChI=1S/C16H25NO5/c1-2-10(8-12(9-17)16(21)22)4-3-5-11-6-7-13(18)15(20)14(11)19/h6-7,10,12,18-20H,2-5,8-9,17H2,1H3,(H,21,22). The maximum absolute atomic E-state index is 11.0. The van der Waals surface area contributed by atoms with Gasteiger partial charge in [-0.2, -0.15) is 0 Å². The summed E-state index contributed by atoms with van der Waals surface area (Å²) in [5.74, 6) is -2.26. The summed E-state index contributed by atoms with van der Waals surface area (Å²) in [6.07, 6.45) is 3.55. The number of aliphatic carboxylic acids is 1. The summed E-state index contributed by atoms with van der Waals surface area (Å²) in [6.45, 7) is 2.16. The topological polar surface area (TPSA) is 124 Å². The first-order valence-electron chi connectivity index (χ1n) is 7.56. The summed E-state index contributed by atoms with van der Waals surface area (Å²) in [6, 6.07) is 2.92. The molecule has 0 aliphatic heterocycles. The lowest BCUT2D eigenvalue weighted by Gasteiger charge is -2.19. The van der Waals surface area contributed by atoms with Gasteiger partial charge in [0.1, 0.15) is 0 Å². The van der Waals surface area contributed by atoms with Crippen molar-refractivity contribution >= 4 is 5.97 Å². The van der Waals surface area contributed by atoms with Crippen LogP contribution >= 0.6 is 0 Å². The van der Waals surface area contributed by atoms with E-state index >= 15 is 0 Å². The lowest BCUT2D eigenvalue weighted by molar-refractivity contribution is -0.142. The molecule has 0 radical (unpaired) electrons. The molecule has 1 aromatic rings. The third kappa shape index (κ3) is 4.80. The number of aryl methyl sites for hydroxylation is 1. The van der Waals surface area contributed by atoms with Crippen molar-refractivity contribution in [1.82, 2.24) is 0 Å². The lowest BCUT2D eigenvalue weighted by atomic mass is 9.88. The van der Waals surface area contributed by atoms with Crippen LogP contribution in [0.3, 0.4) is 0 Å². The number of carbonyl (C=O) groups is 1. The van der Waals surface area contributed by atoms with Gasteiger partial charge in [-0.3, -0.25) is 4.79 Å². The van der Waals surface area contributed by atoms with E-state index in [1.165, 1.54) is 6.07 Å². The number of nitrogens with two attached hydrogens (primary N) is 1. The lowest BCUT2D eigenvalue weighted by Crippen LogP contribution is -2.25. The van der Waals surface area contributed by atoms with Crippen LogP contribution in [-0.4, -0.2) is 32.9 Å². The molecule has 0 heterocycles. The van der Waals surface area contributed by atoms with E-state index in [2.05, 4.69) is 0 Å². The van der Waals surface area contributed by atoms with Crippen molar-refractivity contribution in [1.29, 1.82) is 0 Å². The summed E-state index contributed by atoms with van der Waals surface area (Å²) in [5, 5.41) is 37.6. The molecule has 6 nitrogen and oxygen atoms in total. The molecule has 0 amide bonds. The molecule has 0 saturated carbocycles. The van der Waals surface area contributed by atoms with Crippen LogP contribution in [0.2, 0.25) is 0 Å². The molecule has 6 heteroatoms. The largest absolute Gasteiger partial charge is 0.504 e. The van der Waals surface area contributed by atoms with E-state index in [0.717, 1.165) is 19.3 Å². The quantitative estimate of drug-likeness (QED) is 0.445. The van der Waals surface area contributed by atoms with Crippen LogP contribution in [-0.2, 0) is 11.2 Å². The van der Waals surface area contributed by atoms with Crippen LogP contribution in [0.15, 0.2) is 12.1 Å². The Balaban J connectivity index is 2.54. The molecule has 0 fully saturated rings. The molecule has 2 unspecified atom stereocenters. The number of phenols is 3. The normalized spacial score (nSPS) is 13.7. The molecule has 1 aromatic carbocycles. The Bertz CT molecular complexity index is 504. The van der Waals surface area contributed by atoms with Gasteiger partial charge in [0.2, 0.25) is 5.75 Å². The van der Waals surface area contributed by atoms with Gasteiger partial charge in [0, 0.05) is 6.54 Å². The SMILES string of the molecule is CCC(CCCc1ccc(O)c(O)c1O)CC(CN)C(=O)O. The fraction of sp³-hybridized carbons (Fsp3) is 0.562. The highest BCUT2D eigenvalue weighted by Crippen LogP contribution is 2.37. The van der Waals surface area contributed by atoms with Gasteiger partial charge in [-0.05, 0) is 36.8 Å². The van der Waals surface area contributed by atoms with Crippen molar-refractivity contribution in [3.63, 3.8) is 0 Å². The molecule has 0 aromatic heterocycles. The van der Waals surface area contributed by atoms with Crippen LogP contribution < -0.4 is 5.73 Å². The first-order chi connectivity index (χ1) is 10.4. The Morgan fingerprint density at radius 1 is 1.23 bits per heavy atom. The second-order valence-electron chi connectivity index (χ2n) is 5.61. The van der Waals surface area contributed by atoms with Crippen LogP contribution in [0.25, 0.3) is 0 Å².